The van der Waals surface area contributed by atoms with Gasteiger partial charge in [0, 0.05) is 19.3 Å². The van der Waals surface area contributed by atoms with E-state index in [-0.39, 0.29) is 37.5 Å². The average molecular weight is 865 g/mol. The van der Waals surface area contributed by atoms with E-state index in [1.54, 1.807) is 0 Å². The molecule has 6 nitrogen and oxygen atoms in total. The molecule has 1 unspecified atom stereocenters. The lowest BCUT2D eigenvalue weighted by molar-refractivity contribution is -0.167. The van der Waals surface area contributed by atoms with Crippen LogP contribution >= 0.6 is 0 Å². The van der Waals surface area contributed by atoms with Crippen LogP contribution in [-0.4, -0.2) is 37.2 Å². The van der Waals surface area contributed by atoms with E-state index in [1.165, 1.54) is 122 Å². The molecule has 0 aliphatic carbocycles. The van der Waals surface area contributed by atoms with Gasteiger partial charge in [0.25, 0.3) is 0 Å². The molecular formula is C56H96O6. The first-order valence-electron chi connectivity index (χ1n) is 25.9. The molecule has 0 rings (SSSR count). The van der Waals surface area contributed by atoms with Gasteiger partial charge in [-0.2, -0.15) is 0 Å². The highest BCUT2D eigenvalue weighted by Gasteiger charge is 2.19. The second-order valence-electron chi connectivity index (χ2n) is 17.1. The van der Waals surface area contributed by atoms with Crippen molar-refractivity contribution >= 4 is 17.9 Å². The zero-order chi connectivity index (χ0) is 45.1. The minimum atomic E-state index is -0.814. The van der Waals surface area contributed by atoms with E-state index >= 15 is 0 Å². The molecule has 1 atom stereocenters. The maximum absolute atomic E-state index is 12.8. The van der Waals surface area contributed by atoms with Crippen molar-refractivity contribution < 1.29 is 28.6 Å². The summed E-state index contributed by atoms with van der Waals surface area (Å²) in [7, 11) is 0. The molecule has 0 aromatic heterocycles. The quantitative estimate of drug-likeness (QED) is 0.0262. The van der Waals surface area contributed by atoms with Gasteiger partial charge in [-0.25, -0.2) is 0 Å². The molecule has 0 bridgehead atoms. The molecule has 0 aromatic rings. The Hall–Kier alpha value is -3.15. The molecule has 0 fully saturated rings. The van der Waals surface area contributed by atoms with Crippen LogP contribution < -0.4 is 0 Å². The lowest BCUT2D eigenvalue weighted by atomic mass is 10.0. The Morgan fingerprint density at radius 1 is 0.339 bits per heavy atom. The fourth-order valence-electron chi connectivity index (χ4n) is 7.06. The van der Waals surface area contributed by atoms with Crippen molar-refractivity contribution in [3.63, 3.8) is 0 Å². The van der Waals surface area contributed by atoms with Crippen LogP contribution in [0.2, 0.25) is 0 Å². The van der Waals surface area contributed by atoms with Crippen molar-refractivity contribution in [2.75, 3.05) is 13.2 Å². The van der Waals surface area contributed by atoms with Gasteiger partial charge in [0.15, 0.2) is 6.10 Å². The zero-order valence-electron chi connectivity index (χ0n) is 40.6. The van der Waals surface area contributed by atoms with Crippen LogP contribution in [0, 0.1) is 0 Å². The summed E-state index contributed by atoms with van der Waals surface area (Å²) in [5.41, 5.74) is 0. The molecule has 0 aliphatic heterocycles. The van der Waals surface area contributed by atoms with E-state index in [0.717, 1.165) is 77.0 Å². The molecule has 356 valence electrons. The van der Waals surface area contributed by atoms with E-state index < -0.39 is 6.10 Å². The fourth-order valence-corrected chi connectivity index (χ4v) is 7.06. The smallest absolute Gasteiger partial charge is 0.306 e. The van der Waals surface area contributed by atoms with Gasteiger partial charge in [-0.15, -0.1) is 0 Å². The second-order valence-corrected chi connectivity index (χ2v) is 17.1. The normalized spacial score (nSPS) is 12.6. The lowest BCUT2D eigenvalue weighted by Gasteiger charge is -2.18. The van der Waals surface area contributed by atoms with Crippen molar-refractivity contribution in [1.29, 1.82) is 0 Å². The van der Waals surface area contributed by atoms with Gasteiger partial charge in [0.05, 0.1) is 0 Å². The van der Waals surface area contributed by atoms with Crippen molar-refractivity contribution in [2.24, 2.45) is 0 Å². The highest BCUT2D eigenvalue weighted by atomic mass is 16.6. The highest BCUT2D eigenvalue weighted by molar-refractivity contribution is 5.71. The van der Waals surface area contributed by atoms with E-state index in [2.05, 4.69) is 93.7 Å². The second kappa shape index (κ2) is 50.5. The number of carbonyl (C=O) groups excluding carboxylic acids is 3. The van der Waals surface area contributed by atoms with E-state index in [0.29, 0.717) is 19.3 Å². The maximum atomic E-state index is 12.8. The third-order valence-electron chi connectivity index (χ3n) is 10.9. The van der Waals surface area contributed by atoms with Crippen molar-refractivity contribution in [3.8, 4) is 0 Å². The molecule has 62 heavy (non-hydrogen) atoms. The summed E-state index contributed by atoms with van der Waals surface area (Å²) >= 11 is 0. The number of allylic oxidation sites excluding steroid dienone is 12. The zero-order valence-corrected chi connectivity index (χ0v) is 40.6. The molecule has 6 heteroatoms. The topological polar surface area (TPSA) is 78.9 Å². The number of hydrogen-bond acceptors (Lipinski definition) is 6. The molecule has 0 aliphatic rings. The Kier molecular flexibility index (Phi) is 47.9. The first-order chi connectivity index (χ1) is 30.5. The van der Waals surface area contributed by atoms with Gasteiger partial charge >= 0.3 is 17.9 Å². The van der Waals surface area contributed by atoms with Crippen molar-refractivity contribution in [2.45, 2.75) is 252 Å². The van der Waals surface area contributed by atoms with Gasteiger partial charge in [0.2, 0.25) is 0 Å². The van der Waals surface area contributed by atoms with Crippen LogP contribution in [0.15, 0.2) is 72.9 Å². The third-order valence-corrected chi connectivity index (χ3v) is 10.9. The molecule has 0 aromatic carbocycles. The Morgan fingerprint density at radius 2 is 0.645 bits per heavy atom. The van der Waals surface area contributed by atoms with Crippen LogP contribution in [0.1, 0.15) is 245 Å². The van der Waals surface area contributed by atoms with Gasteiger partial charge in [-0.1, -0.05) is 216 Å². The van der Waals surface area contributed by atoms with E-state index in [9.17, 15) is 14.4 Å². The predicted molar refractivity (Wildman–Crippen MR) is 265 cm³/mol. The number of rotatable bonds is 46. The molecule has 0 spiro atoms. The number of carbonyl (C=O) groups is 3. The number of hydrogen-bond donors (Lipinski definition) is 0. The summed E-state index contributed by atoms with van der Waals surface area (Å²) < 4.78 is 16.7. The van der Waals surface area contributed by atoms with Crippen LogP contribution in [0.4, 0.5) is 0 Å². The largest absolute Gasteiger partial charge is 0.462 e. The highest BCUT2D eigenvalue weighted by Crippen LogP contribution is 2.15. The van der Waals surface area contributed by atoms with Crippen molar-refractivity contribution in [1.82, 2.24) is 0 Å². The molecule has 0 saturated carbocycles. The van der Waals surface area contributed by atoms with Gasteiger partial charge in [0.1, 0.15) is 13.2 Å². The maximum Gasteiger partial charge on any atom is 0.306 e. The van der Waals surface area contributed by atoms with Crippen LogP contribution in [0.25, 0.3) is 0 Å². The summed E-state index contributed by atoms with van der Waals surface area (Å²) in [6, 6.07) is 0. The first-order valence-corrected chi connectivity index (χ1v) is 25.9. The molecular weight excluding hydrogens is 769 g/mol. The Morgan fingerprint density at radius 3 is 1.06 bits per heavy atom. The predicted octanol–water partition coefficient (Wildman–Crippen LogP) is 17.0. The van der Waals surface area contributed by atoms with E-state index in [4.69, 9.17) is 14.2 Å². The van der Waals surface area contributed by atoms with Crippen LogP contribution in [0.5, 0.6) is 0 Å². The molecule has 0 saturated heterocycles. The number of unbranched alkanes of at least 4 members (excludes halogenated alkanes) is 23. The third kappa shape index (κ3) is 47.9. The standard InChI is InChI=1S/C56H96O6/c1-4-7-10-13-16-19-21-23-25-27-29-30-32-34-37-40-43-46-49-55(58)61-52-53(51-60-54(57)48-45-42-39-36-18-15-12-9-6-3)62-56(59)50-47-44-41-38-35-33-31-28-26-24-22-20-17-14-11-8-5-2/h9,12,17-18,20,24,26,31,33,36,38,41,53H,4-8,10-11,13-16,19,21-23,25,27-30,32,34-35,37,39-40,42-52H2,1-3H3/b12-9-,20-17-,26-24-,33-31-,36-18-,41-38-. The number of esters is 3. The average Bonchev–Trinajstić information content (AvgIpc) is 3.27. The summed E-state index contributed by atoms with van der Waals surface area (Å²) in [5.74, 6) is -0.999. The summed E-state index contributed by atoms with van der Waals surface area (Å²) in [5, 5.41) is 0. The first kappa shape index (κ1) is 58.9. The molecule has 0 N–H and O–H groups in total. The molecule has 0 radical (unpaired) electrons. The summed E-state index contributed by atoms with van der Waals surface area (Å²) in [6.07, 6.45) is 63.4. The Balaban J connectivity index is 4.40. The lowest BCUT2D eigenvalue weighted by Crippen LogP contribution is -2.30. The van der Waals surface area contributed by atoms with Gasteiger partial charge in [-0.05, 0) is 83.5 Å². The van der Waals surface area contributed by atoms with Crippen LogP contribution in [0.3, 0.4) is 0 Å². The minimum Gasteiger partial charge on any atom is -0.462 e. The SMILES string of the molecule is CC/C=C\C/C=C\CCCCC(=O)OCC(COC(=O)CCCCCCCCCCCCCCCCCCCC)OC(=O)CCC/C=C\C/C=C\C/C=C\C/C=C\CCCCC. The minimum absolute atomic E-state index is 0.106. The van der Waals surface area contributed by atoms with E-state index in [1.807, 2.05) is 0 Å². The van der Waals surface area contributed by atoms with Crippen LogP contribution in [-0.2, 0) is 28.6 Å². The monoisotopic (exact) mass is 865 g/mol. The Labute approximate surface area is 382 Å². The molecule has 0 amide bonds. The summed E-state index contributed by atoms with van der Waals surface area (Å²) in [4.78, 5) is 37.8. The van der Waals surface area contributed by atoms with Gasteiger partial charge in [-0.3, -0.25) is 14.4 Å². The Bertz CT molecular complexity index is 1180. The molecule has 0 heterocycles. The van der Waals surface area contributed by atoms with Gasteiger partial charge < -0.3 is 14.2 Å². The summed E-state index contributed by atoms with van der Waals surface area (Å²) in [6.45, 7) is 6.42. The number of ether oxygens (including phenoxy) is 3. The fraction of sp³-hybridized carbons (Fsp3) is 0.732. The van der Waals surface area contributed by atoms with Crippen molar-refractivity contribution in [3.05, 3.63) is 72.9 Å².